The molecule has 18 nitrogen and oxygen atoms in total. The highest BCUT2D eigenvalue weighted by molar-refractivity contribution is 5.95. The van der Waals surface area contributed by atoms with E-state index in [0.29, 0.717) is 19.4 Å². The number of nitrogens with zero attached hydrogens (tertiary/aromatic N) is 2. The van der Waals surface area contributed by atoms with Crippen LogP contribution in [0.1, 0.15) is 39.5 Å². The van der Waals surface area contributed by atoms with E-state index in [-0.39, 0.29) is 37.8 Å². The van der Waals surface area contributed by atoms with Crippen LogP contribution in [-0.2, 0) is 33.6 Å². The zero-order valence-corrected chi connectivity index (χ0v) is 23.1. The summed E-state index contributed by atoms with van der Waals surface area (Å²) in [7, 11) is 0. The Kier molecular flexibility index (Phi) is 14.5. The normalized spacial score (nSPS) is 16.4. The van der Waals surface area contributed by atoms with Gasteiger partial charge in [-0.2, -0.15) is 0 Å². The second-order valence-corrected chi connectivity index (χ2v) is 9.31. The molecule has 0 aliphatic carbocycles. The molecular weight excluding hydrogens is 544 g/mol. The number of aliphatic carboxylic acids is 1. The first-order valence-electron chi connectivity index (χ1n) is 13.0. The molecule has 41 heavy (non-hydrogen) atoms. The van der Waals surface area contributed by atoms with Crippen molar-refractivity contribution in [2.75, 3.05) is 32.7 Å². The Labute approximate surface area is 236 Å². The molecule has 18 heteroatoms. The second-order valence-electron chi connectivity index (χ2n) is 9.31. The summed E-state index contributed by atoms with van der Waals surface area (Å²) in [6.07, 6.45) is 1.43. The van der Waals surface area contributed by atoms with Crippen molar-refractivity contribution in [1.82, 2.24) is 31.5 Å². The molecule has 0 radical (unpaired) electrons. The number of rotatable bonds is 16. The maximum absolute atomic E-state index is 12.6. The minimum atomic E-state index is -1.28. The Morgan fingerprint density at radius 3 is 2.17 bits per heavy atom. The lowest BCUT2D eigenvalue weighted by Crippen LogP contribution is -2.55. The van der Waals surface area contributed by atoms with Gasteiger partial charge in [0.1, 0.15) is 30.7 Å². The summed E-state index contributed by atoms with van der Waals surface area (Å²) in [5.74, 6) is -5.19. The number of nitrogens with one attached hydrogen (secondary N) is 5. The van der Waals surface area contributed by atoms with Gasteiger partial charge in [-0.25, -0.2) is 0 Å². The van der Waals surface area contributed by atoms with Gasteiger partial charge in [0.05, 0.1) is 13.1 Å². The molecule has 230 valence electrons. The van der Waals surface area contributed by atoms with Gasteiger partial charge >= 0.3 is 5.97 Å². The number of hydrogen-bond donors (Lipinski definition) is 9. The molecule has 1 heterocycles. The average Bonchev–Trinajstić information content (AvgIpc) is 3.41. The standard InChI is InChI=1S/C23H40N10O8/c1-12(31-22(41)15-6-4-8-33(15)17(35)9-24)19(38)28-10-16(34)30-13(2)20(39)32-14(5-3-7-27-23(25)26)21(40)29-11-18(36)37/h12-15H,3-11,24H2,1-2H3,(H,28,38)(H,29,40)(H,30,34)(H,31,41)(H,32,39)(H,36,37)(H4,25,26,27). The molecule has 1 aliphatic rings. The number of carbonyl (C=O) groups is 7. The third kappa shape index (κ3) is 12.5. The molecule has 4 atom stereocenters. The maximum atomic E-state index is 12.6. The van der Waals surface area contributed by atoms with Gasteiger partial charge < -0.3 is 53.8 Å². The van der Waals surface area contributed by atoms with Crippen molar-refractivity contribution in [3.05, 3.63) is 0 Å². The van der Waals surface area contributed by atoms with Crippen molar-refractivity contribution in [2.45, 2.75) is 63.7 Å². The van der Waals surface area contributed by atoms with Crippen molar-refractivity contribution in [3.63, 3.8) is 0 Å². The monoisotopic (exact) mass is 584 g/mol. The van der Waals surface area contributed by atoms with Crippen LogP contribution in [0.5, 0.6) is 0 Å². The lowest BCUT2D eigenvalue weighted by atomic mass is 10.1. The van der Waals surface area contributed by atoms with E-state index in [2.05, 4.69) is 31.6 Å². The van der Waals surface area contributed by atoms with E-state index in [1.54, 1.807) is 0 Å². The number of amides is 6. The highest BCUT2D eigenvalue weighted by Crippen LogP contribution is 2.17. The Balaban J connectivity index is 2.58. The molecular formula is C23H40N10O8. The van der Waals surface area contributed by atoms with Gasteiger partial charge in [-0.1, -0.05) is 0 Å². The van der Waals surface area contributed by atoms with Crippen molar-refractivity contribution >= 4 is 47.4 Å². The fourth-order valence-electron chi connectivity index (χ4n) is 3.86. The molecule has 4 unspecified atom stereocenters. The quantitative estimate of drug-likeness (QED) is 0.0469. The number of guanidine groups is 1. The number of carboxylic acids is 1. The largest absolute Gasteiger partial charge is 0.480 e. The summed E-state index contributed by atoms with van der Waals surface area (Å²) in [6, 6.07) is -4.01. The number of carbonyl (C=O) groups excluding carboxylic acids is 6. The summed E-state index contributed by atoms with van der Waals surface area (Å²) in [5, 5.41) is 20.6. The summed E-state index contributed by atoms with van der Waals surface area (Å²) in [5.41, 5.74) is 15.9. The van der Waals surface area contributed by atoms with Crippen molar-refractivity contribution in [2.24, 2.45) is 22.2 Å². The zero-order valence-electron chi connectivity index (χ0n) is 23.1. The van der Waals surface area contributed by atoms with Gasteiger partial charge in [-0.05, 0) is 39.5 Å². The SMILES string of the molecule is CC(NC(=O)CNC(=O)C(C)NC(=O)C1CCCN1C(=O)CN)C(=O)NC(CCCN=C(N)N)C(=O)NCC(=O)O. The first kappa shape index (κ1) is 34.5. The van der Waals surface area contributed by atoms with Crippen LogP contribution in [0.15, 0.2) is 4.99 Å². The van der Waals surface area contributed by atoms with Crippen LogP contribution in [0.4, 0.5) is 0 Å². The van der Waals surface area contributed by atoms with Crippen LogP contribution in [0.25, 0.3) is 0 Å². The summed E-state index contributed by atoms with van der Waals surface area (Å²) >= 11 is 0. The van der Waals surface area contributed by atoms with E-state index in [1.165, 1.54) is 18.7 Å². The maximum Gasteiger partial charge on any atom is 0.322 e. The molecule has 0 aromatic carbocycles. The van der Waals surface area contributed by atoms with E-state index >= 15 is 0 Å². The third-order valence-corrected chi connectivity index (χ3v) is 5.99. The third-order valence-electron chi connectivity index (χ3n) is 5.99. The molecule has 6 amide bonds. The molecule has 0 aromatic heterocycles. The first-order valence-corrected chi connectivity index (χ1v) is 13.0. The molecule has 12 N–H and O–H groups in total. The minimum Gasteiger partial charge on any atom is -0.480 e. The first-order chi connectivity index (χ1) is 19.3. The summed E-state index contributed by atoms with van der Waals surface area (Å²) in [6.45, 7) is 1.91. The zero-order chi connectivity index (χ0) is 31.1. The van der Waals surface area contributed by atoms with Crippen LogP contribution in [0, 0.1) is 0 Å². The second kappa shape index (κ2) is 17.3. The number of nitrogens with two attached hydrogens (primary N) is 3. The fourth-order valence-corrected chi connectivity index (χ4v) is 3.86. The Hall–Kier alpha value is -4.48. The van der Waals surface area contributed by atoms with Crippen molar-refractivity contribution < 1.29 is 38.7 Å². The predicted octanol–water partition coefficient (Wildman–Crippen LogP) is -5.20. The predicted molar refractivity (Wildman–Crippen MR) is 144 cm³/mol. The molecule has 0 bridgehead atoms. The molecule has 0 saturated carbocycles. The van der Waals surface area contributed by atoms with Gasteiger partial charge in [0.2, 0.25) is 35.4 Å². The lowest BCUT2D eigenvalue weighted by molar-refractivity contribution is -0.138. The van der Waals surface area contributed by atoms with E-state index in [4.69, 9.17) is 22.3 Å². The number of carboxylic acid groups (broad SMARTS) is 1. The molecule has 1 rings (SSSR count). The van der Waals surface area contributed by atoms with Gasteiger partial charge in [0, 0.05) is 13.1 Å². The molecule has 1 saturated heterocycles. The lowest BCUT2D eigenvalue weighted by Gasteiger charge is -2.25. The summed E-state index contributed by atoms with van der Waals surface area (Å²) in [4.78, 5) is 90.0. The molecule has 0 aromatic rings. The van der Waals surface area contributed by atoms with Gasteiger partial charge in [0.25, 0.3) is 0 Å². The minimum absolute atomic E-state index is 0.0767. The van der Waals surface area contributed by atoms with Crippen LogP contribution >= 0.6 is 0 Å². The highest BCUT2D eigenvalue weighted by Gasteiger charge is 2.34. The van der Waals surface area contributed by atoms with Gasteiger partial charge in [-0.3, -0.25) is 38.6 Å². The molecule has 1 fully saturated rings. The van der Waals surface area contributed by atoms with Gasteiger partial charge in [-0.15, -0.1) is 0 Å². The van der Waals surface area contributed by atoms with E-state index < -0.39 is 72.8 Å². The van der Waals surface area contributed by atoms with E-state index in [1.807, 2.05) is 0 Å². The van der Waals surface area contributed by atoms with E-state index in [9.17, 15) is 33.6 Å². The Morgan fingerprint density at radius 1 is 0.927 bits per heavy atom. The van der Waals surface area contributed by atoms with Crippen LogP contribution in [0.3, 0.4) is 0 Å². The highest BCUT2D eigenvalue weighted by atomic mass is 16.4. The fraction of sp³-hybridized carbons (Fsp3) is 0.652. The van der Waals surface area contributed by atoms with Gasteiger partial charge in [0.15, 0.2) is 5.96 Å². The molecule has 1 aliphatic heterocycles. The Morgan fingerprint density at radius 2 is 1.56 bits per heavy atom. The smallest absolute Gasteiger partial charge is 0.322 e. The van der Waals surface area contributed by atoms with Crippen LogP contribution < -0.4 is 43.8 Å². The van der Waals surface area contributed by atoms with Crippen LogP contribution in [-0.4, -0.2) is 114 Å². The van der Waals surface area contributed by atoms with Crippen molar-refractivity contribution in [3.8, 4) is 0 Å². The average molecular weight is 585 g/mol. The number of aliphatic imine (C=N–C) groups is 1. The number of likely N-dealkylation sites (tertiary alicyclic amines) is 1. The molecule has 0 spiro atoms. The topological polar surface area (TPSA) is 294 Å². The van der Waals surface area contributed by atoms with Crippen LogP contribution in [0.2, 0.25) is 0 Å². The number of hydrogen-bond acceptors (Lipinski definition) is 9. The summed E-state index contributed by atoms with van der Waals surface area (Å²) < 4.78 is 0. The van der Waals surface area contributed by atoms with Crippen molar-refractivity contribution in [1.29, 1.82) is 0 Å². The van der Waals surface area contributed by atoms with E-state index in [0.717, 1.165) is 0 Å². The Bertz CT molecular complexity index is 1020.